The Hall–Kier alpha value is -1.53. The lowest BCUT2D eigenvalue weighted by Gasteiger charge is -2.05. The van der Waals surface area contributed by atoms with Gasteiger partial charge >= 0.3 is 0 Å². The molecule has 0 amide bonds. The number of nitrogens with two attached hydrogens (primary N) is 1. The van der Waals surface area contributed by atoms with Crippen LogP contribution in [-0.2, 0) is 13.6 Å². The summed E-state index contributed by atoms with van der Waals surface area (Å²) in [7, 11) is 1.89. The summed E-state index contributed by atoms with van der Waals surface area (Å²) in [6, 6.07) is 3.94. The van der Waals surface area contributed by atoms with E-state index in [0.29, 0.717) is 6.54 Å². The van der Waals surface area contributed by atoms with E-state index in [4.69, 9.17) is 15.2 Å². The maximum atomic E-state index is 5.74. The molecule has 1 aromatic heterocycles. The summed E-state index contributed by atoms with van der Waals surface area (Å²) >= 11 is 3.58. The fourth-order valence-electron chi connectivity index (χ4n) is 2.23. The van der Waals surface area contributed by atoms with E-state index < -0.39 is 0 Å². The Morgan fingerprint density at radius 2 is 2.05 bits per heavy atom. The number of rotatable bonds is 2. The summed E-state index contributed by atoms with van der Waals surface area (Å²) in [5.74, 6) is 1.54. The van der Waals surface area contributed by atoms with E-state index >= 15 is 0 Å². The molecule has 2 heterocycles. The van der Waals surface area contributed by atoms with Gasteiger partial charge in [0.15, 0.2) is 11.5 Å². The molecule has 1 aliphatic rings. The van der Waals surface area contributed by atoms with Gasteiger partial charge in [-0.05, 0) is 40.5 Å². The predicted octanol–water partition coefficient (Wildman–Crippen LogP) is 2.35. The zero-order valence-electron chi connectivity index (χ0n) is 10.7. The second-order valence-electron chi connectivity index (χ2n) is 4.46. The lowest BCUT2D eigenvalue weighted by Crippen LogP contribution is -2.04. The largest absolute Gasteiger partial charge is 0.454 e. The average molecular weight is 324 g/mol. The number of nitrogens with zero attached hydrogens (tertiary/aromatic N) is 2. The second kappa shape index (κ2) is 4.54. The first-order chi connectivity index (χ1) is 9.11. The van der Waals surface area contributed by atoms with Crippen LogP contribution in [0.3, 0.4) is 0 Å². The predicted molar refractivity (Wildman–Crippen MR) is 75.1 cm³/mol. The lowest BCUT2D eigenvalue weighted by molar-refractivity contribution is 0.174. The topological polar surface area (TPSA) is 62.3 Å². The van der Waals surface area contributed by atoms with Crippen LogP contribution in [0.25, 0.3) is 11.3 Å². The molecule has 0 atom stereocenters. The van der Waals surface area contributed by atoms with E-state index in [9.17, 15) is 0 Å². The van der Waals surface area contributed by atoms with Crippen molar-refractivity contribution >= 4 is 15.9 Å². The standard InChI is InChI=1S/C13H14BrN3O2/c1-7-3-10-11(19-6-18-10)4-8(7)13-12(14)9(5-15)17(2)16-13/h3-4H,5-6,15H2,1-2H3. The van der Waals surface area contributed by atoms with Crippen LogP contribution in [0.1, 0.15) is 11.3 Å². The molecule has 100 valence electrons. The number of aromatic nitrogens is 2. The number of aryl methyl sites for hydroxylation is 2. The van der Waals surface area contributed by atoms with Gasteiger partial charge in [0, 0.05) is 19.2 Å². The van der Waals surface area contributed by atoms with Crippen LogP contribution in [0.2, 0.25) is 0 Å². The quantitative estimate of drug-likeness (QED) is 0.921. The molecule has 0 fully saturated rings. The Labute approximate surface area is 119 Å². The van der Waals surface area contributed by atoms with Gasteiger partial charge in [-0.15, -0.1) is 0 Å². The minimum absolute atomic E-state index is 0.273. The van der Waals surface area contributed by atoms with Crippen molar-refractivity contribution in [3.63, 3.8) is 0 Å². The zero-order valence-corrected chi connectivity index (χ0v) is 12.3. The summed E-state index contributed by atoms with van der Waals surface area (Å²) < 4.78 is 13.5. The normalized spacial score (nSPS) is 13.1. The number of benzene rings is 1. The Morgan fingerprint density at radius 3 is 2.68 bits per heavy atom. The van der Waals surface area contributed by atoms with Gasteiger partial charge in [-0.3, -0.25) is 4.68 Å². The van der Waals surface area contributed by atoms with Crippen molar-refractivity contribution in [2.75, 3.05) is 6.79 Å². The molecule has 0 saturated heterocycles. The van der Waals surface area contributed by atoms with Crippen LogP contribution < -0.4 is 15.2 Å². The molecular formula is C13H14BrN3O2. The molecule has 6 heteroatoms. The molecule has 0 saturated carbocycles. The van der Waals surface area contributed by atoms with Gasteiger partial charge in [0.25, 0.3) is 0 Å². The molecule has 5 nitrogen and oxygen atoms in total. The molecule has 0 spiro atoms. The molecule has 19 heavy (non-hydrogen) atoms. The Kier molecular flexibility index (Phi) is 2.99. The van der Waals surface area contributed by atoms with Gasteiger partial charge in [-0.25, -0.2) is 0 Å². The summed E-state index contributed by atoms with van der Waals surface area (Å²) in [6.45, 7) is 2.74. The first-order valence-electron chi connectivity index (χ1n) is 5.94. The number of hydrogen-bond donors (Lipinski definition) is 1. The van der Waals surface area contributed by atoms with Crippen LogP contribution in [0, 0.1) is 6.92 Å². The van der Waals surface area contributed by atoms with Crippen molar-refractivity contribution in [1.82, 2.24) is 9.78 Å². The molecule has 0 unspecified atom stereocenters. The van der Waals surface area contributed by atoms with Gasteiger partial charge in [0.05, 0.1) is 10.2 Å². The molecule has 2 aromatic rings. The minimum Gasteiger partial charge on any atom is -0.454 e. The molecule has 0 bridgehead atoms. The van der Waals surface area contributed by atoms with Crippen LogP contribution in [0.15, 0.2) is 16.6 Å². The minimum atomic E-state index is 0.273. The van der Waals surface area contributed by atoms with E-state index in [2.05, 4.69) is 21.0 Å². The summed E-state index contributed by atoms with van der Waals surface area (Å²) in [5, 5.41) is 4.53. The average Bonchev–Trinajstić information content (AvgIpc) is 2.92. The van der Waals surface area contributed by atoms with Crippen molar-refractivity contribution in [1.29, 1.82) is 0 Å². The first-order valence-corrected chi connectivity index (χ1v) is 6.73. The third-order valence-corrected chi connectivity index (χ3v) is 4.10. The first kappa shape index (κ1) is 12.5. The number of fused-ring (bicyclic) bond motifs is 1. The summed E-state index contributed by atoms with van der Waals surface area (Å²) in [6.07, 6.45) is 0. The highest BCUT2D eigenvalue weighted by molar-refractivity contribution is 9.10. The third kappa shape index (κ3) is 1.91. The van der Waals surface area contributed by atoms with Gasteiger partial charge in [0.2, 0.25) is 6.79 Å². The van der Waals surface area contributed by atoms with E-state index in [1.165, 1.54) is 0 Å². The van der Waals surface area contributed by atoms with Gasteiger partial charge in [-0.1, -0.05) is 0 Å². The molecule has 1 aliphatic heterocycles. The molecule has 2 N–H and O–H groups in total. The fourth-order valence-corrected chi connectivity index (χ4v) is 2.94. The second-order valence-corrected chi connectivity index (χ2v) is 5.25. The van der Waals surface area contributed by atoms with Gasteiger partial charge in [-0.2, -0.15) is 5.10 Å². The van der Waals surface area contributed by atoms with E-state index in [1.54, 1.807) is 4.68 Å². The summed E-state index contributed by atoms with van der Waals surface area (Å²) in [4.78, 5) is 0. The number of halogens is 1. The van der Waals surface area contributed by atoms with Crippen molar-refractivity contribution in [3.05, 3.63) is 27.9 Å². The maximum absolute atomic E-state index is 5.74. The lowest BCUT2D eigenvalue weighted by atomic mass is 10.0. The molecule has 3 rings (SSSR count). The maximum Gasteiger partial charge on any atom is 0.231 e. The molecule has 1 aromatic carbocycles. The molecular weight excluding hydrogens is 310 g/mol. The Morgan fingerprint density at radius 1 is 1.37 bits per heavy atom. The van der Waals surface area contributed by atoms with Crippen molar-refractivity contribution in [3.8, 4) is 22.8 Å². The number of hydrogen-bond acceptors (Lipinski definition) is 4. The van der Waals surface area contributed by atoms with E-state index in [0.717, 1.165) is 38.5 Å². The highest BCUT2D eigenvalue weighted by Gasteiger charge is 2.21. The third-order valence-electron chi connectivity index (χ3n) is 3.27. The summed E-state index contributed by atoms with van der Waals surface area (Å²) in [5.41, 5.74) is 9.68. The smallest absolute Gasteiger partial charge is 0.231 e. The van der Waals surface area contributed by atoms with E-state index in [-0.39, 0.29) is 6.79 Å². The Balaban J connectivity index is 2.17. The van der Waals surface area contributed by atoms with E-state index in [1.807, 2.05) is 26.1 Å². The fraction of sp³-hybridized carbons (Fsp3) is 0.308. The zero-order chi connectivity index (χ0) is 13.6. The van der Waals surface area contributed by atoms with Crippen LogP contribution in [0.4, 0.5) is 0 Å². The van der Waals surface area contributed by atoms with Crippen LogP contribution in [-0.4, -0.2) is 16.6 Å². The van der Waals surface area contributed by atoms with Crippen molar-refractivity contribution < 1.29 is 9.47 Å². The van der Waals surface area contributed by atoms with Crippen molar-refractivity contribution in [2.24, 2.45) is 12.8 Å². The van der Waals surface area contributed by atoms with Gasteiger partial charge < -0.3 is 15.2 Å². The van der Waals surface area contributed by atoms with Crippen molar-refractivity contribution in [2.45, 2.75) is 13.5 Å². The Bertz CT molecular complexity index is 652. The molecule has 0 radical (unpaired) electrons. The van der Waals surface area contributed by atoms with Crippen LogP contribution in [0.5, 0.6) is 11.5 Å². The highest BCUT2D eigenvalue weighted by atomic mass is 79.9. The monoisotopic (exact) mass is 323 g/mol. The molecule has 0 aliphatic carbocycles. The highest BCUT2D eigenvalue weighted by Crippen LogP contribution is 2.40. The van der Waals surface area contributed by atoms with Crippen LogP contribution >= 0.6 is 15.9 Å². The van der Waals surface area contributed by atoms with Gasteiger partial charge in [0.1, 0.15) is 5.69 Å². The SMILES string of the molecule is Cc1cc2c(cc1-c1nn(C)c(CN)c1Br)OCO2. The number of ether oxygens (including phenoxy) is 2.